The van der Waals surface area contributed by atoms with E-state index in [0.717, 1.165) is 22.6 Å². The van der Waals surface area contributed by atoms with Crippen molar-refractivity contribution in [1.29, 1.82) is 0 Å². The van der Waals surface area contributed by atoms with Crippen LogP contribution in [0.4, 0.5) is 16.3 Å². The summed E-state index contributed by atoms with van der Waals surface area (Å²) in [5, 5.41) is 24.7. The van der Waals surface area contributed by atoms with Gasteiger partial charge in [-0.15, -0.1) is 0 Å². The van der Waals surface area contributed by atoms with Gasteiger partial charge in [-0.2, -0.15) is 16.9 Å². The summed E-state index contributed by atoms with van der Waals surface area (Å²) < 4.78 is 1.68. The molecule has 0 unspecified atom stereocenters. The van der Waals surface area contributed by atoms with Crippen LogP contribution in [0.1, 0.15) is 18.2 Å². The summed E-state index contributed by atoms with van der Waals surface area (Å²) >= 11 is 1.66. The van der Waals surface area contributed by atoms with Crippen molar-refractivity contribution in [3.05, 3.63) is 54.0 Å². The molecular formula is C23H30N8O3S. The highest BCUT2D eigenvalue weighted by Crippen LogP contribution is 2.22. The number of hydrogen-bond acceptors (Lipinski definition) is 8. The van der Waals surface area contributed by atoms with Gasteiger partial charge in [0, 0.05) is 74.2 Å². The number of anilines is 2. The molecule has 0 bridgehead atoms. The number of carbonyl (C=O) groups excluding carboxylic acids is 2. The van der Waals surface area contributed by atoms with Crippen LogP contribution in [0.15, 0.2) is 42.7 Å². The molecule has 0 fully saturated rings. The Balaban J connectivity index is 1.62. The minimum absolute atomic E-state index is 0.0106. The van der Waals surface area contributed by atoms with Gasteiger partial charge in [0.05, 0.1) is 18.5 Å². The van der Waals surface area contributed by atoms with E-state index in [1.54, 1.807) is 34.8 Å². The van der Waals surface area contributed by atoms with Gasteiger partial charge in [0.25, 0.3) is 0 Å². The lowest BCUT2D eigenvalue weighted by Crippen LogP contribution is -2.28. The fourth-order valence-electron chi connectivity index (χ4n) is 3.07. The monoisotopic (exact) mass is 498 g/mol. The minimum atomic E-state index is -0.313. The van der Waals surface area contributed by atoms with Crippen LogP contribution in [0, 0.1) is 0 Å². The lowest BCUT2D eigenvalue weighted by molar-refractivity contribution is -0.118. The molecule has 2 heterocycles. The number of carbonyl (C=O) groups is 2. The maximum Gasteiger partial charge on any atom is 0.319 e. The standard InChI is InChI=1S/C23H30N8O3S/c1-16(33)24-8-10-35-15-20-11-21(25-7-9-32)30-22(28-20)18-3-5-19(6-4-18)29-23(34)26-12-17-13-27-31(2)14-17/h3-6,11,13-14,32H,7-10,12,15H2,1-2H3,(H,24,33)(H,25,28,30)(H2,26,29,34). The largest absolute Gasteiger partial charge is 0.395 e. The quantitative estimate of drug-likeness (QED) is 0.238. The van der Waals surface area contributed by atoms with Gasteiger partial charge in [-0.3, -0.25) is 9.48 Å². The van der Waals surface area contributed by atoms with Crippen LogP contribution >= 0.6 is 11.8 Å². The number of thioether (sulfide) groups is 1. The number of nitrogens with zero attached hydrogens (tertiary/aromatic N) is 4. The van der Waals surface area contributed by atoms with E-state index in [1.807, 2.05) is 31.4 Å². The van der Waals surface area contributed by atoms with E-state index in [1.165, 1.54) is 6.92 Å². The Bertz CT molecular complexity index is 1120. The third-order valence-electron chi connectivity index (χ3n) is 4.68. The summed E-state index contributed by atoms with van der Waals surface area (Å²) in [6.07, 6.45) is 3.54. The van der Waals surface area contributed by atoms with Crippen LogP contribution in [-0.2, 0) is 24.1 Å². The van der Waals surface area contributed by atoms with Gasteiger partial charge in [-0.1, -0.05) is 0 Å². The van der Waals surface area contributed by atoms with Crippen LogP contribution in [0.2, 0.25) is 0 Å². The third-order valence-corrected chi connectivity index (χ3v) is 5.67. The molecule has 0 saturated carbocycles. The highest BCUT2D eigenvalue weighted by atomic mass is 32.2. The minimum Gasteiger partial charge on any atom is -0.395 e. The average Bonchev–Trinajstić information content (AvgIpc) is 3.26. The summed E-state index contributed by atoms with van der Waals surface area (Å²) in [6.45, 7) is 2.84. The van der Waals surface area contributed by atoms with Gasteiger partial charge in [-0.05, 0) is 24.3 Å². The predicted octanol–water partition coefficient (Wildman–Crippen LogP) is 1.97. The molecule has 0 saturated heterocycles. The first-order valence-electron chi connectivity index (χ1n) is 11.1. The molecule has 0 aliphatic carbocycles. The van der Waals surface area contributed by atoms with Gasteiger partial charge in [0.2, 0.25) is 5.91 Å². The number of benzene rings is 1. The topological polar surface area (TPSA) is 146 Å². The van der Waals surface area contributed by atoms with Gasteiger partial charge in [0.1, 0.15) is 5.82 Å². The maximum absolute atomic E-state index is 12.2. The number of aliphatic hydroxyl groups excluding tert-OH is 1. The van der Waals surface area contributed by atoms with Crippen LogP contribution in [0.5, 0.6) is 0 Å². The Morgan fingerprint density at radius 3 is 2.60 bits per heavy atom. The first-order chi connectivity index (χ1) is 16.9. The van der Waals surface area contributed by atoms with E-state index in [2.05, 4.69) is 36.3 Å². The molecule has 3 rings (SSSR count). The smallest absolute Gasteiger partial charge is 0.319 e. The number of hydrogen-bond donors (Lipinski definition) is 5. The van der Waals surface area contributed by atoms with E-state index < -0.39 is 0 Å². The fraction of sp³-hybridized carbons (Fsp3) is 0.348. The SMILES string of the molecule is CC(=O)NCCSCc1cc(NCCO)nc(-c2ccc(NC(=O)NCc3cnn(C)c3)cc2)n1. The van der Waals surface area contributed by atoms with Gasteiger partial charge < -0.3 is 26.4 Å². The molecular weight excluding hydrogens is 468 g/mol. The van der Waals surface area contributed by atoms with Crippen molar-refractivity contribution < 1.29 is 14.7 Å². The van der Waals surface area contributed by atoms with Crippen molar-refractivity contribution in [2.75, 3.05) is 36.1 Å². The van der Waals surface area contributed by atoms with Crippen LogP contribution in [0.25, 0.3) is 11.4 Å². The molecule has 186 valence electrons. The van der Waals surface area contributed by atoms with Crippen molar-refractivity contribution >= 4 is 35.2 Å². The Labute approximate surface area is 208 Å². The van der Waals surface area contributed by atoms with E-state index in [0.29, 0.717) is 42.7 Å². The van der Waals surface area contributed by atoms with Crippen LogP contribution in [-0.4, -0.2) is 62.2 Å². The molecule has 12 heteroatoms. The number of aromatic nitrogens is 4. The molecule has 0 radical (unpaired) electrons. The van der Waals surface area contributed by atoms with Gasteiger partial charge in [0.15, 0.2) is 5.82 Å². The average molecular weight is 499 g/mol. The summed E-state index contributed by atoms with van der Waals surface area (Å²) in [5.41, 5.74) is 3.18. The van der Waals surface area contributed by atoms with Crippen molar-refractivity contribution in [1.82, 2.24) is 30.4 Å². The third kappa shape index (κ3) is 8.91. The highest BCUT2D eigenvalue weighted by Gasteiger charge is 2.09. The molecule has 2 aromatic heterocycles. The number of aliphatic hydroxyl groups is 1. The second-order valence-corrected chi connectivity index (χ2v) is 8.77. The lowest BCUT2D eigenvalue weighted by atomic mass is 10.2. The molecule has 3 aromatic rings. The normalized spacial score (nSPS) is 10.6. The van der Waals surface area contributed by atoms with E-state index >= 15 is 0 Å². The molecule has 0 aliphatic heterocycles. The maximum atomic E-state index is 12.2. The summed E-state index contributed by atoms with van der Waals surface area (Å²) in [7, 11) is 1.82. The Morgan fingerprint density at radius 1 is 1.11 bits per heavy atom. The summed E-state index contributed by atoms with van der Waals surface area (Å²) in [4.78, 5) is 32.4. The molecule has 1 aromatic carbocycles. The number of nitrogens with one attached hydrogen (secondary N) is 4. The Hall–Kier alpha value is -3.64. The van der Waals surface area contributed by atoms with Crippen molar-refractivity contribution in [3.63, 3.8) is 0 Å². The second-order valence-electron chi connectivity index (χ2n) is 7.66. The van der Waals surface area contributed by atoms with Gasteiger partial charge in [-0.25, -0.2) is 14.8 Å². The Morgan fingerprint density at radius 2 is 1.91 bits per heavy atom. The van der Waals surface area contributed by atoms with Crippen molar-refractivity contribution in [2.45, 2.75) is 19.2 Å². The summed E-state index contributed by atoms with van der Waals surface area (Å²) in [5.74, 6) is 2.53. The Kier molecular flexibility index (Phi) is 9.87. The molecule has 3 amide bonds. The first-order valence-corrected chi connectivity index (χ1v) is 12.3. The number of rotatable bonds is 12. The van der Waals surface area contributed by atoms with E-state index in [9.17, 15) is 9.59 Å². The highest BCUT2D eigenvalue weighted by molar-refractivity contribution is 7.98. The zero-order valence-electron chi connectivity index (χ0n) is 19.7. The molecule has 0 atom stereocenters. The fourth-order valence-corrected chi connectivity index (χ4v) is 3.82. The predicted molar refractivity (Wildman–Crippen MR) is 137 cm³/mol. The van der Waals surface area contributed by atoms with E-state index in [4.69, 9.17) is 5.11 Å². The summed E-state index contributed by atoms with van der Waals surface area (Å²) in [6, 6.07) is 8.81. The molecule has 0 aliphatic rings. The molecule has 11 nitrogen and oxygen atoms in total. The zero-order valence-corrected chi connectivity index (χ0v) is 20.6. The lowest BCUT2D eigenvalue weighted by Gasteiger charge is -2.11. The molecule has 5 N–H and O–H groups in total. The second kappa shape index (κ2) is 13.3. The van der Waals surface area contributed by atoms with Crippen molar-refractivity contribution in [2.24, 2.45) is 7.05 Å². The van der Waals surface area contributed by atoms with Crippen LogP contribution in [0.3, 0.4) is 0 Å². The molecule has 0 spiro atoms. The molecule has 35 heavy (non-hydrogen) atoms. The zero-order chi connectivity index (χ0) is 25.0. The number of urea groups is 1. The van der Waals surface area contributed by atoms with Gasteiger partial charge >= 0.3 is 6.03 Å². The first kappa shape index (κ1) is 26.0. The van der Waals surface area contributed by atoms with Crippen molar-refractivity contribution in [3.8, 4) is 11.4 Å². The van der Waals surface area contributed by atoms with E-state index in [-0.39, 0.29) is 18.5 Å². The van der Waals surface area contributed by atoms with Crippen LogP contribution < -0.4 is 21.3 Å². The number of aryl methyl sites for hydroxylation is 1. The number of amides is 3.